The van der Waals surface area contributed by atoms with E-state index in [0.29, 0.717) is 29.4 Å². The van der Waals surface area contributed by atoms with Crippen LogP contribution in [0, 0.1) is 0 Å². The summed E-state index contributed by atoms with van der Waals surface area (Å²) in [5.41, 5.74) is 6.68. The molecule has 1 aromatic rings. The van der Waals surface area contributed by atoms with E-state index in [2.05, 4.69) is 0 Å². The Morgan fingerprint density at radius 1 is 1.39 bits per heavy atom. The number of nitrogens with two attached hydrogens (primary N) is 1. The van der Waals surface area contributed by atoms with Crippen LogP contribution in [0.25, 0.3) is 0 Å². The molecule has 0 aromatic heterocycles. The number of hydrogen-bond donors (Lipinski definition) is 1. The van der Waals surface area contributed by atoms with E-state index in [1.165, 1.54) is 0 Å². The normalized spacial score (nSPS) is 24.1. The van der Waals surface area contributed by atoms with Gasteiger partial charge in [0.2, 0.25) is 0 Å². The van der Waals surface area contributed by atoms with Crippen molar-refractivity contribution in [3.05, 3.63) is 28.8 Å². The monoisotopic (exact) mass is 268 g/mol. The van der Waals surface area contributed by atoms with E-state index in [0.717, 1.165) is 0 Å². The average molecular weight is 269 g/mol. The first-order valence-corrected chi connectivity index (χ1v) is 6.35. The van der Waals surface area contributed by atoms with E-state index in [1.54, 1.807) is 23.1 Å². The fraction of sp³-hybridized carbons (Fsp3) is 0.462. The molecule has 1 amide bonds. The molecule has 1 saturated heterocycles. The van der Waals surface area contributed by atoms with Crippen molar-refractivity contribution in [3.8, 4) is 0 Å². The number of carbonyl (C=O) groups excluding carboxylic acids is 1. The number of amides is 1. The van der Waals surface area contributed by atoms with Gasteiger partial charge in [-0.1, -0.05) is 11.6 Å². The van der Waals surface area contributed by atoms with Gasteiger partial charge in [-0.25, -0.2) is 0 Å². The largest absolute Gasteiger partial charge is 0.398 e. The lowest BCUT2D eigenvalue weighted by Gasteiger charge is -2.35. The van der Waals surface area contributed by atoms with Crippen molar-refractivity contribution < 1.29 is 9.53 Å². The summed E-state index contributed by atoms with van der Waals surface area (Å²) in [7, 11) is 0. The van der Waals surface area contributed by atoms with Crippen LogP contribution in [0.3, 0.4) is 0 Å². The molecule has 1 aliphatic rings. The fourth-order valence-corrected chi connectivity index (χ4v) is 2.37. The number of anilines is 1. The molecule has 0 aliphatic carbocycles. The van der Waals surface area contributed by atoms with Gasteiger partial charge in [-0.2, -0.15) is 0 Å². The van der Waals surface area contributed by atoms with Crippen LogP contribution in [0.2, 0.25) is 5.02 Å². The molecule has 0 radical (unpaired) electrons. The minimum atomic E-state index is -0.0288. The highest BCUT2D eigenvalue weighted by molar-refractivity contribution is 6.33. The lowest BCUT2D eigenvalue weighted by molar-refractivity contribution is -0.0586. The Labute approximate surface area is 112 Å². The minimum absolute atomic E-state index is 0.0288. The molecule has 2 atom stereocenters. The third-order valence-electron chi connectivity index (χ3n) is 2.95. The van der Waals surface area contributed by atoms with Gasteiger partial charge < -0.3 is 15.4 Å². The van der Waals surface area contributed by atoms with E-state index in [4.69, 9.17) is 22.1 Å². The smallest absolute Gasteiger partial charge is 0.254 e. The maximum absolute atomic E-state index is 12.3. The number of benzene rings is 1. The molecule has 1 aliphatic heterocycles. The van der Waals surface area contributed by atoms with E-state index >= 15 is 0 Å². The SMILES string of the molecule is C[C@@H]1CN(C(=O)c2ccc(N)c(Cl)c2)C[C@H](C)O1. The molecule has 4 nitrogen and oxygen atoms in total. The molecule has 18 heavy (non-hydrogen) atoms. The van der Waals surface area contributed by atoms with Crippen LogP contribution in [0.4, 0.5) is 5.69 Å². The van der Waals surface area contributed by atoms with Gasteiger partial charge >= 0.3 is 0 Å². The molecule has 1 heterocycles. The van der Waals surface area contributed by atoms with Crippen LogP contribution in [-0.2, 0) is 4.74 Å². The Morgan fingerprint density at radius 3 is 2.56 bits per heavy atom. The molecule has 0 saturated carbocycles. The molecule has 2 N–H and O–H groups in total. The third kappa shape index (κ3) is 2.76. The zero-order valence-corrected chi connectivity index (χ0v) is 11.3. The van der Waals surface area contributed by atoms with Crippen LogP contribution in [0.5, 0.6) is 0 Å². The molecule has 5 heteroatoms. The second-order valence-electron chi connectivity index (χ2n) is 4.70. The minimum Gasteiger partial charge on any atom is -0.398 e. The van der Waals surface area contributed by atoms with E-state index in [-0.39, 0.29) is 18.1 Å². The number of morpholine rings is 1. The molecule has 98 valence electrons. The van der Waals surface area contributed by atoms with Gasteiger partial charge in [0.15, 0.2) is 0 Å². The van der Waals surface area contributed by atoms with Gasteiger partial charge in [0.25, 0.3) is 5.91 Å². The second kappa shape index (κ2) is 5.16. The highest BCUT2D eigenvalue weighted by atomic mass is 35.5. The highest BCUT2D eigenvalue weighted by Gasteiger charge is 2.26. The van der Waals surface area contributed by atoms with Crippen molar-refractivity contribution in [3.63, 3.8) is 0 Å². The molecule has 2 rings (SSSR count). The molecular formula is C13H17ClN2O2. The molecule has 0 spiro atoms. The van der Waals surface area contributed by atoms with Crippen molar-refractivity contribution in [2.24, 2.45) is 0 Å². The van der Waals surface area contributed by atoms with Gasteiger partial charge in [-0.05, 0) is 32.0 Å². The maximum Gasteiger partial charge on any atom is 0.254 e. The second-order valence-corrected chi connectivity index (χ2v) is 5.11. The summed E-state index contributed by atoms with van der Waals surface area (Å²) in [5.74, 6) is -0.0288. The van der Waals surface area contributed by atoms with Crippen LogP contribution in [-0.4, -0.2) is 36.1 Å². The zero-order chi connectivity index (χ0) is 13.3. The summed E-state index contributed by atoms with van der Waals surface area (Å²) in [6.07, 6.45) is 0.115. The Hall–Kier alpha value is -1.26. The number of carbonyl (C=O) groups is 1. The zero-order valence-electron chi connectivity index (χ0n) is 10.5. The molecule has 1 fully saturated rings. The predicted octanol–water partition coefficient (Wildman–Crippen LogP) is 2.17. The Morgan fingerprint density at radius 2 is 2.00 bits per heavy atom. The number of hydrogen-bond acceptors (Lipinski definition) is 3. The fourth-order valence-electron chi connectivity index (χ4n) is 2.19. The average Bonchev–Trinajstić information content (AvgIpc) is 2.30. The summed E-state index contributed by atoms with van der Waals surface area (Å²) >= 11 is 5.93. The van der Waals surface area contributed by atoms with Crippen molar-refractivity contribution in [1.82, 2.24) is 4.90 Å². The van der Waals surface area contributed by atoms with Crippen molar-refractivity contribution in [2.75, 3.05) is 18.8 Å². The van der Waals surface area contributed by atoms with Crippen LogP contribution < -0.4 is 5.73 Å². The number of rotatable bonds is 1. The van der Waals surface area contributed by atoms with E-state index in [1.807, 2.05) is 13.8 Å². The van der Waals surface area contributed by atoms with Crippen LogP contribution in [0.15, 0.2) is 18.2 Å². The lowest BCUT2D eigenvalue weighted by atomic mass is 10.1. The summed E-state index contributed by atoms with van der Waals surface area (Å²) in [6.45, 7) is 5.13. The summed E-state index contributed by atoms with van der Waals surface area (Å²) in [5, 5.41) is 0.412. The van der Waals surface area contributed by atoms with Crippen molar-refractivity contribution >= 4 is 23.2 Å². The highest BCUT2D eigenvalue weighted by Crippen LogP contribution is 2.21. The van der Waals surface area contributed by atoms with Gasteiger partial charge in [0.1, 0.15) is 0 Å². The Balaban J connectivity index is 2.17. The summed E-state index contributed by atoms with van der Waals surface area (Å²) < 4.78 is 5.61. The molecule has 1 aromatic carbocycles. The van der Waals surface area contributed by atoms with Gasteiger partial charge in [-0.15, -0.1) is 0 Å². The lowest BCUT2D eigenvalue weighted by Crippen LogP contribution is -2.48. The third-order valence-corrected chi connectivity index (χ3v) is 3.28. The van der Waals surface area contributed by atoms with Crippen LogP contribution >= 0.6 is 11.6 Å². The Kier molecular flexibility index (Phi) is 3.78. The standard InChI is InChI=1S/C13H17ClN2O2/c1-8-6-16(7-9(2)18-8)13(17)10-3-4-12(15)11(14)5-10/h3-5,8-9H,6-7,15H2,1-2H3/t8-,9+. The van der Waals surface area contributed by atoms with Crippen molar-refractivity contribution in [1.29, 1.82) is 0 Å². The van der Waals surface area contributed by atoms with E-state index < -0.39 is 0 Å². The number of nitrogen functional groups attached to an aromatic ring is 1. The quantitative estimate of drug-likeness (QED) is 0.794. The first-order valence-electron chi connectivity index (χ1n) is 5.97. The van der Waals surface area contributed by atoms with Crippen molar-refractivity contribution in [2.45, 2.75) is 26.1 Å². The number of nitrogens with zero attached hydrogens (tertiary/aromatic N) is 1. The van der Waals surface area contributed by atoms with E-state index in [9.17, 15) is 4.79 Å². The van der Waals surface area contributed by atoms with Gasteiger partial charge in [0, 0.05) is 18.7 Å². The molecular weight excluding hydrogens is 252 g/mol. The maximum atomic E-state index is 12.3. The van der Waals surface area contributed by atoms with Gasteiger partial charge in [-0.3, -0.25) is 4.79 Å². The first-order chi connectivity index (χ1) is 8.47. The molecule has 0 bridgehead atoms. The topological polar surface area (TPSA) is 55.6 Å². The first kappa shape index (κ1) is 13.2. The Bertz CT molecular complexity index is 454. The number of ether oxygens (including phenoxy) is 1. The summed E-state index contributed by atoms with van der Waals surface area (Å²) in [4.78, 5) is 14.1. The number of halogens is 1. The predicted molar refractivity (Wildman–Crippen MR) is 71.8 cm³/mol. The van der Waals surface area contributed by atoms with Crippen LogP contribution in [0.1, 0.15) is 24.2 Å². The summed E-state index contributed by atoms with van der Waals surface area (Å²) in [6, 6.07) is 4.97. The van der Waals surface area contributed by atoms with Gasteiger partial charge in [0.05, 0.1) is 22.9 Å². The molecule has 0 unspecified atom stereocenters.